The van der Waals surface area contributed by atoms with Crippen molar-refractivity contribution in [3.8, 4) is 11.5 Å². The van der Waals surface area contributed by atoms with E-state index in [-0.39, 0.29) is 40.5 Å². The second-order valence-electron chi connectivity index (χ2n) is 6.03. The van der Waals surface area contributed by atoms with Crippen LogP contribution in [0.4, 0.5) is 27.6 Å². The van der Waals surface area contributed by atoms with E-state index in [9.17, 15) is 22.0 Å². The number of fused-ring (bicyclic) bond motifs is 1. The minimum absolute atomic E-state index is 0.0411. The van der Waals surface area contributed by atoms with Crippen LogP contribution < -0.4 is 5.73 Å². The molecule has 0 amide bonds. The molecule has 5 nitrogen and oxygen atoms in total. The summed E-state index contributed by atoms with van der Waals surface area (Å²) >= 11 is 0. The van der Waals surface area contributed by atoms with E-state index in [0.29, 0.717) is 6.07 Å². The lowest BCUT2D eigenvalue weighted by atomic mass is 10.1. The van der Waals surface area contributed by atoms with Crippen LogP contribution in [-0.4, -0.2) is 14.8 Å². The molecule has 10 heteroatoms. The summed E-state index contributed by atoms with van der Waals surface area (Å²) in [6.45, 7) is -0.0411. The summed E-state index contributed by atoms with van der Waals surface area (Å²) in [5.74, 6) is -1.74. The van der Waals surface area contributed by atoms with Crippen LogP contribution in [0, 0.1) is 11.6 Å². The Labute approximate surface area is 154 Å². The van der Waals surface area contributed by atoms with Crippen LogP contribution >= 0.6 is 0 Å². The van der Waals surface area contributed by atoms with E-state index in [2.05, 4.69) is 10.2 Å². The molecule has 4 aromatic rings. The minimum atomic E-state index is -4.60. The SMILES string of the molecule is Nc1ccc2c(ccn2Cc2nnc(-c3ccc(F)cc3F)o2)c1C(F)(F)F. The number of hydrogen-bond acceptors (Lipinski definition) is 4. The summed E-state index contributed by atoms with van der Waals surface area (Å²) in [4.78, 5) is 0. The van der Waals surface area contributed by atoms with Crippen molar-refractivity contribution >= 4 is 16.6 Å². The molecule has 0 unspecified atom stereocenters. The van der Waals surface area contributed by atoms with E-state index in [4.69, 9.17) is 10.2 Å². The first-order valence-electron chi connectivity index (χ1n) is 7.96. The number of alkyl halides is 3. The van der Waals surface area contributed by atoms with Gasteiger partial charge < -0.3 is 14.7 Å². The van der Waals surface area contributed by atoms with Crippen molar-refractivity contribution in [3.63, 3.8) is 0 Å². The highest BCUT2D eigenvalue weighted by Crippen LogP contribution is 2.39. The third-order valence-electron chi connectivity index (χ3n) is 4.20. The van der Waals surface area contributed by atoms with Gasteiger partial charge in [0.05, 0.1) is 11.1 Å². The fourth-order valence-electron chi connectivity index (χ4n) is 2.98. The number of halogens is 5. The fourth-order valence-corrected chi connectivity index (χ4v) is 2.98. The molecule has 0 aliphatic heterocycles. The smallest absolute Gasteiger partial charge is 0.419 e. The van der Waals surface area contributed by atoms with E-state index in [1.165, 1.54) is 29.0 Å². The number of nitrogens with two attached hydrogens (primary N) is 1. The Morgan fingerprint density at radius 2 is 1.82 bits per heavy atom. The standard InChI is InChI=1S/C18H11F5N4O/c19-9-1-2-10(12(20)7-9)17-26-25-15(28-17)8-27-6-5-11-14(27)4-3-13(24)16(11)18(21,22)23/h1-7H,8,24H2. The number of benzene rings is 2. The van der Waals surface area contributed by atoms with Crippen molar-refractivity contribution in [1.82, 2.24) is 14.8 Å². The Morgan fingerprint density at radius 1 is 1.04 bits per heavy atom. The number of rotatable bonds is 3. The first kappa shape index (κ1) is 18.0. The highest BCUT2D eigenvalue weighted by atomic mass is 19.4. The van der Waals surface area contributed by atoms with Gasteiger partial charge in [0.25, 0.3) is 5.89 Å². The molecule has 0 aliphatic carbocycles. The lowest BCUT2D eigenvalue weighted by molar-refractivity contribution is -0.135. The van der Waals surface area contributed by atoms with Crippen LogP contribution in [0.25, 0.3) is 22.4 Å². The predicted molar refractivity (Wildman–Crippen MR) is 90.1 cm³/mol. The molecule has 2 aromatic carbocycles. The molecule has 0 bridgehead atoms. The van der Waals surface area contributed by atoms with Gasteiger partial charge >= 0.3 is 6.18 Å². The third-order valence-corrected chi connectivity index (χ3v) is 4.20. The van der Waals surface area contributed by atoms with Crippen molar-refractivity contribution in [2.45, 2.75) is 12.7 Å². The molecule has 0 atom stereocenters. The van der Waals surface area contributed by atoms with Crippen molar-refractivity contribution in [2.24, 2.45) is 0 Å². The van der Waals surface area contributed by atoms with Gasteiger partial charge in [0.2, 0.25) is 5.89 Å². The van der Waals surface area contributed by atoms with Crippen molar-refractivity contribution in [3.05, 3.63) is 65.7 Å². The highest BCUT2D eigenvalue weighted by Gasteiger charge is 2.35. The van der Waals surface area contributed by atoms with Gasteiger partial charge in [0, 0.05) is 28.9 Å². The van der Waals surface area contributed by atoms with Gasteiger partial charge in [-0.15, -0.1) is 10.2 Å². The van der Waals surface area contributed by atoms with Gasteiger partial charge in [-0.2, -0.15) is 13.2 Å². The largest absolute Gasteiger partial charge is 0.419 e. The summed E-state index contributed by atoms with van der Waals surface area (Å²) in [6, 6.07) is 6.81. The van der Waals surface area contributed by atoms with Crippen LogP contribution in [0.2, 0.25) is 0 Å². The molecule has 0 saturated heterocycles. The second-order valence-corrected chi connectivity index (χ2v) is 6.03. The lowest BCUT2D eigenvalue weighted by Crippen LogP contribution is -2.09. The topological polar surface area (TPSA) is 69.9 Å². The normalized spacial score (nSPS) is 12.0. The quantitative estimate of drug-likeness (QED) is 0.407. The lowest BCUT2D eigenvalue weighted by Gasteiger charge is -2.12. The first-order valence-corrected chi connectivity index (χ1v) is 7.96. The van der Waals surface area contributed by atoms with Crippen LogP contribution in [0.15, 0.2) is 47.0 Å². The zero-order valence-corrected chi connectivity index (χ0v) is 14.0. The number of nitrogen functional groups attached to an aromatic ring is 1. The molecule has 0 radical (unpaired) electrons. The Morgan fingerprint density at radius 3 is 2.54 bits per heavy atom. The van der Waals surface area contributed by atoms with E-state index >= 15 is 0 Å². The molecule has 2 N–H and O–H groups in total. The van der Waals surface area contributed by atoms with Gasteiger partial charge in [0.1, 0.15) is 18.2 Å². The average molecular weight is 394 g/mol. The summed E-state index contributed by atoms with van der Waals surface area (Å²) in [5, 5.41) is 7.44. The van der Waals surface area contributed by atoms with Gasteiger partial charge in [-0.25, -0.2) is 8.78 Å². The van der Waals surface area contributed by atoms with E-state index < -0.39 is 23.4 Å². The maximum atomic E-state index is 13.8. The zero-order valence-electron chi connectivity index (χ0n) is 14.0. The number of hydrogen-bond donors (Lipinski definition) is 1. The Balaban J connectivity index is 1.69. The van der Waals surface area contributed by atoms with Crippen LogP contribution in [0.5, 0.6) is 0 Å². The summed E-state index contributed by atoms with van der Waals surface area (Å²) in [5.41, 5.74) is 4.40. The fraction of sp³-hybridized carbons (Fsp3) is 0.111. The number of anilines is 1. The van der Waals surface area contributed by atoms with Gasteiger partial charge in [-0.05, 0) is 30.3 Å². The molecule has 28 heavy (non-hydrogen) atoms. The monoisotopic (exact) mass is 394 g/mol. The average Bonchev–Trinajstić information content (AvgIpc) is 3.21. The Hall–Kier alpha value is -3.43. The maximum absolute atomic E-state index is 13.8. The summed E-state index contributed by atoms with van der Waals surface area (Å²) in [6.07, 6.45) is -3.17. The molecule has 0 spiro atoms. The highest BCUT2D eigenvalue weighted by molar-refractivity contribution is 5.88. The van der Waals surface area contributed by atoms with Crippen LogP contribution in [0.3, 0.4) is 0 Å². The van der Waals surface area contributed by atoms with Gasteiger partial charge in [-0.1, -0.05) is 0 Å². The Bertz CT molecular complexity index is 1180. The van der Waals surface area contributed by atoms with Crippen molar-refractivity contribution in [1.29, 1.82) is 0 Å². The number of aromatic nitrogens is 3. The molecule has 0 fully saturated rings. The zero-order chi connectivity index (χ0) is 20.1. The maximum Gasteiger partial charge on any atom is 0.419 e. The van der Waals surface area contributed by atoms with Gasteiger partial charge in [0.15, 0.2) is 0 Å². The molecular weight excluding hydrogens is 383 g/mol. The van der Waals surface area contributed by atoms with Gasteiger partial charge in [-0.3, -0.25) is 0 Å². The van der Waals surface area contributed by atoms with E-state index in [1.807, 2.05) is 0 Å². The summed E-state index contributed by atoms with van der Waals surface area (Å²) < 4.78 is 73.5. The van der Waals surface area contributed by atoms with Crippen LogP contribution in [0.1, 0.15) is 11.5 Å². The van der Waals surface area contributed by atoms with Crippen molar-refractivity contribution in [2.75, 3.05) is 5.73 Å². The molecular formula is C18H11F5N4O. The van der Waals surface area contributed by atoms with E-state index in [0.717, 1.165) is 12.1 Å². The first-order chi connectivity index (χ1) is 13.2. The Kier molecular flexibility index (Phi) is 4.06. The molecule has 0 aliphatic rings. The molecule has 2 aromatic heterocycles. The van der Waals surface area contributed by atoms with Crippen LogP contribution in [-0.2, 0) is 12.7 Å². The van der Waals surface area contributed by atoms with E-state index in [1.54, 1.807) is 0 Å². The molecule has 2 heterocycles. The molecule has 4 rings (SSSR count). The predicted octanol–water partition coefficient (Wildman–Crippen LogP) is 4.62. The number of nitrogens with zero attached hydrogens (tertiary/aromatic N) is 3. The third kappa shape index (κ3) is 3.06. The molecule has 0 saturated carbocycles. The molecule has 144 valence electrons. The second kappa shape index (κ2) is 6.32. The van der Waals surface area contributed by atoms with Crippen molar-refractivity contribution < 1.29 is 26.4 Å². The summed E-state index contributed by atoms with van der Waals surface area (Å²) in [7, 11) is 0. The minimum Gasteiger partial charge on any atom is -0.419 e.